The van der Waals surface area contributed by atoms with Gasteiger partial charge < -0.3 is 25.2 Å². The molecule has 1 aromatic carbocycles. The first-order valence-corrected chi connectivity index (χ1v) is 9.59. The smallest absolute Gasteiger partial charge is 0.165 e. The van der Waals surface area contributed by atoms with Crippen molar-refractivity contribution in [2.24, 2.45) is 0 Å². The summed E-state index contributed by atoms with van der Waals surface area (Å²) in [6, 6.07) is 4.47. The average molecular weight is 344 g/mol. The van der Waals surface area contributed by atoms with Crippen molar-refractivity contribution in [1.29, 1.82) is 0 Å². The predicted octanol–water partition coefficient (Wildman–Crippen LogP) is 1.54. The summed E-state index contributed by atoms with van der Waals surface area (Å²) in [5.41, 5.74) is 1.14. The van der Waals surface area contributed by atoms with Crippen molar-refractivity contribution in [3.05, 3.63) is 23.3 Å². The molecule has 0 amide bonds. The highest BCUT2D eigenvalue weighted by molar-refractivity contribution is 5.62. The van der Waals surface area contributed by atoms with Gasteiger partial charge in [0.15, 0.2) is 11.5 Å². The monoisotopic (exact) mass is 344 g/mol. The highest BCUT2D eigenvalue weighted by Gasteiger charge is 2.72. The largest absolute Gasteiger partial charge is 0.504 e. The fourth-order valence-corrected chi connectivity index (χ4v) is 6.35. The van der Waals surface area contributed by atoms with Gasteiger partial charge in [0.25, 0.3) is 0 Å². The standard InChI is InChI=1S/C20H28N2O3/c1-11(2)21-13-6-7-20(24)15-10-12-4-5-14(23)17-16(12)19(20,18(13)25-17)8-9-22(15)3/h4-5,11,13,15,18,21,23-24H,6-10H2,1-3H3/t13?,15?,18-,19?,20+/m0/s1. The van der Waals surface area contributed by atoms with Gasteiger partial charge in [-0.25, -0.2) is 0 Å². The molecule has 0 aromatic heterocycles. The number of phenolic OH excluding ortho intramolecular Hbond substituents is 1. The molecular weight excluding hydrogens is 316 g/mol. The molecule has 4 aliphatic rings. The van der Waals surface area contributed by atoms with Crippen molar-refractivity contribution in [3.63, 3.8) is 0 Å². The quantitative estimate of drug-likeness (QED) is 0.760. The first kappa shape index (κ1) is 15.9. The van der Waals surface area contributed by atoms with Crippen LogP contribution in [0.1, 0.15) is 44.2 Å². The van der Waals surface area contributed by atoms with Crippen LogP contribution in [0.5, 0.6) is 11.5 Å². The Hall–Kier alpha value is -1.30. The molecule has 1 aromatic rings. The lowest BCUT2D eigenvalue weighted by molar-refractivity contribution is -0.187. The van der Waals surface area contributed by atoms with E-state index in [0.29, 0.717) is 11.8 Å². The summed E-state index contributed by atoms with van der Waals surface area (Å²) in [5, 5.41) is 26.1. The van der Waals surface area contributed by atoms with E-state index in [1.807, 2.05) is 6.07 Å². The molecule has 2 bridgehead atoms. The summed E-state index contributed by atoms with van der Waals surface area (Å²) < 4.78 is 6.43. The minimum atomic E-state index is -0.786. The summed E-state index contributed by atoms with van der Waals surface area (Å²) in [4.78, 5) is 2.33. The molecule has 5 heteroatoms. The SMILES string of the molecule is CC(C)NC1CC[C@@]2(O)C3Cc4ccc(O)c5c4C2(CCN3C)[C@H]1O5. The Morgan fingerprint density at radius 3 is 2.88 bits per heavy atom. The first-order valence-electron chi connectivity index (χ1n) is 9.59. The molecule has 1 spiro atoms. The number of aromatic hydroxyl groups is 1. The van der Waals surface area contributed by atoms with E-state index < -0.39 is 11.0 Å². The van der Waals surface area contributed by atoms with E-state index in [1.165, 1.54) is 5.56 Å². The molecule has 2 heterocycles. The van der Waals surface area contributed by atoms with Gasteiger partial charge in [-0.2, -0.15) is 0 Å². The zero-order valence-corrected chi connectivity index (χ0v) is 15.2. The maximum absolute atomic E-state index is 12.0. The number of nitrogens with zero attached hydrogens (tertiary/aromatic N) is 1. The highest BCUT2D eigenvalue weighted by Crippen LogP contribution is 2.65. The molecule has 3 unspecified atom stereocenters. The van der Waals surface area contributed by atoms with E-state index in [0.717, 1.165) is 37.8 Å². The maximum Gasteiger partial charge on any atom is 0.165 e. The second-order valence-corrected chi connectivity index (χ2v) is 8.80. The van der Waals surface area contributed by atoms with Crippen LogP contribution in [-0.4, -0.2) is 58.5 Å². The molecule has 136 valence electrons. The number of hydrogen-bond donors (Lipinski definition) is 3. The van der Waals surface area contributed by atoms with Crippen molar-refractivity contribution in [1.82, 2.24) is 10.2 Å². The number of rotatable bonds is 2. The number of aliphatic hydroxyl groups is 1. The fourth-order valence-electron chi connectivity index (χ4n) is 6.35. The molecule has 5 atom stereocenters. The lowest BCUT2D eigenvalue weighted by Crippen LogP contribution is -2.77. The van der Waals surface area contributed by atoms with E-state index in [9.17, 15) is 10.2 Å². The molecule has 2 fully saturated rings. The third-order valence-corrected chi connectivity index (χ3v) is 7.28. The van der Waals surface area contributed by atoms with E-state index in [4.69, 9.17) is 4.74 Å². The molecule has 2 aliphatic carbocycles. The van der Waals surface area contributed by atoms with Crippen LogP contribution in [0.25, 0.3) is 0 Å². The molecule has 5 nitrogen and oxygen atoms in total. The summed E-state index contributed by atoms with van der Waals surface area (Å²) in [6.07, 6.45) is 3.26. The first-order chi connectivity index (χ1) is 11.9. The zero-order valence-electron chi connectivity index (χ0n) is 15.2. The Morgan fingerprint density at radius 1 is 1.32 bits per heavy atom. The van der Waals surface area contributed by atoms with Gasteiger partial charge in [0.2, 0.25) is 0 Å². The summed E-state index contributed by atoms with van der Waals surface area (Å²) in [6.45, 7) is 5.26. The van der Waals surface area contributed by atoms with Gasteiger partial charge in [-0.15, -0.1) is 0 Å². The van der Waals surface area contributed by atoms with E-state index >= 15 is 0 Å². The number of benzene rings is 1. The summed E-state index contributed by atoms with van der Waals surface area (Å²) >= 11 is 0. The van der Waals surface area contributed by atoms with Crippen LogP contribution in [0.3, 0.4) is 0 Å². The summed E-state index contributed by atoms with van der Waals surface area (Å²) in [7, 11) is 2.13. The van der Waals surface area contributed by atoms with Crippen molar-refractivity contribution < 1.29 is 14.9 Å². The normalized spacial score (nSPS) is 41.6. The molecule has 5 rings (SSSR count). The average Bonchev–Trinajstić information content (AvgIpc) is 2.91. The highest BCUT2D eigenvalue weighted by atomic mass is 16.5. The van der Waals surface area contributed by atoms with Gasteiger partial charge in [0.05, 0.1) is 11.0 Å². The third-order valence-electron chi connectivity index (χ3n) is 7.28. The van der Waals surface area contributed by atoms with Gasteiger partial charge in [0, 0.05) is 23.7 Å². The number of piperidine rings is 1. The number of phenols is 1. The topological polar surface area (TPSA) is 65.0 Å². The Morgan fingerprint density at radius 2 is 2.12 bits per heavy atom. The van der Waals surface area contributed by atoms with Crippen molar-refractivity contribution in [2.45, 2.75) is 74.8 Å². The van der Waals surface area contributed by atoms with Gasteiger partial charge >= 0.3 is 0 Å². The van der Waals surface area contributed by atoms with Gasteiger partial charge in [0.1, 0.15) is 6.10 Å². The lowest BCUT2D eigenvalue weighted by Gasteiger charge is -2.63. The molecular formula is C20H28N2O3. The number of hydrogen-bond acceptors (Lipinski definition) is 5. The van der Waals surface area contributed by atoms with Crippen LogP contribution in [0, 0.1) is 0 Å². The van der Waals surface area contributed by atoms with Crippen LogP contribution < -0.4 is 10.1 Å². The van der Waals surface area contributed by atoms with Crippen LogP contribution in [0.2, 0.25) is 0 Å². The van der Waals surface area contributed by atoms with Crippen molar-refractivity contribution in [3.8, 4) is 11.5 Å². The van der Waals surface area contributed by atoms with Crippen LogP contribution >= 0.6 is 0 Å². The van der Waals surface area contributed by atoms with E-state index in [-0.39, 0.29) is 23.9 Å². The number of nitrogens with one attached hydrogen (secondary N) is 1. The zero-order chi connectivity index (χ0) is 17.6. The second-order valence-electron chi connectivity index (χ2n) is 8.80. The minimum Gasteiger partial charge on any atom is -0.504 e. The fraction of sp³-hybridized carbons (Fsp3) is 0.700. The van der Waals surface area contributed by atoms with E-state index in [2.05, 4.69) is 31.1 Å². The van der Waals surface area contributed by atoms with Crippen molar-refractivity contribution in [2.75, 3.05) is 13.6 Å². The van der Waals surface area contributed by atoms with Crippen LogP contribution in [0.15, 0.2) is 12.1 Å². The van der Waals surface area contributed by atoms with Gasteiger partial charge in [-0.3, -0.25) is 0 Å². The van der Waals surface area contributed by atoms with Gasteiger partial charge in [-0.1, -0.05) is 19.9 Å². The number of ether oxygens (including phenoxy) is 1. The van der Waals surface area contributed by atoms with Crippen LogP contribution in [0.4, 0.5) is 0 Å². The summed E-state index contributed by atoms with van der Waals surface area (Å²) in [5.74, 6) is 0.840. The second kappa shape index (κ2) is 4.90. The molecule has 25 heavy (non-hydrogen) atoms. The Labute approximate surface area is 149 Å². The predicted molar refractivity (Wildman–Crippen MR) is 95.2 cm³/mol. The maximum atomic E-state index is 12.0. The third kappa shape index (κ3) is 1.74. The minimum absolute atomic E-state index is 0.118. The molecule has 1 saturated heterocycles. The Bertz CT molecular complexity index is 736. The molecule has 3 N–H and O–H groups in total. The van der Waals surface area contributed by atoms with Gasteiger partial charge in [-0.05, 0) is 50.9 Å². The van der Waals surface area contributed by atoms with Crippen LogP contribution in [-0.2, 0) is 11.8 Å². The van der Waals surface area contributed by atoms with Crippen molar-refractivity contribution >= 4 is 0 Å². The lowest BCUT2D eigenvalue weighted by atomic mass is 9.48. The molecule has 0 radical (unpaired) electrons. The Balaban J connectivity index is 1.75. The Kier molecular flexibility index (Phi) is 3.12. The number of likely N-dealkylation sites (tertiary alicyclic amines) is 1. The van der Waals surface area contributed by atoms with E-state index in [1.54, 1.807) is 6.07 Å². The number of likely N-dealkylation sites (N-methyl/N-ethyl adjacent to an activating group) is 1. The molecule has 1 saturated carbocycles. The molecule has 2 aliphatic heterocycles.